The molecule has 0 aromatic rings. The van der Waals surface area contributed by atoms with Crippen molar-refractivity contribution < 1.29 is 9.59 Å². The number of rotatable bonds is 5. The topological polar surface area (TPSA) is 86.2 Å². The highest BCUT2D eigenvalue weighted by Crippen LogP contribution is 2.35. The molecule has 1 fully saturated rings. The molecule has 0 radical (unpaired) electrons. The number of hydrogen-bond acceptors (Lipinski definition) is 2. The van der Waals surface area contributed by atoms with E-state index in [1.54, 1.807) is 0 Å². The maximum Gasteiger partial charge on any atom is 0.221 e. The van der Waals surface area contributed by atoms with Gasteiger partial charge in [0.1, 0.15) is 0 Å². The SMILES string of the molecule is NC(=O)C[C@@H](CC1CC1)C(N)=O. The summed E-state index contributed by atoms with van der Waals surface area (Å²) in [6.45, 7) is 0. The highest BCUT2D eigenvalue weighted by molar-refractivity contribution is 5.83. The first-order valence-corrected chi connectivity index (χ1v) is 4.17. The van der Waals surface area contributed by atoms with Crippen LogP contribution in [0.1, 0.15) is 25.7 Å². The van der Waals surface area contributed by atoms with Crippen molar-refractivity contribution in [2.75, 3.05) is 0 Å². The quantitative estimate of drug-likeness (QED) is 0.596. The molecule has 12 heavy (non-hydrogen) atoms. The van der Waals surface area contributed by atoms with E-state index in [1.165, 1.54) is 0 Å². The fraction of sp³-hybridized carbons (Fsp3) is 0.750. The maximum absolute atomic E-state index is 10.8. The number of hydrogen-bond donors (Lipinski definition) is 2. The van der Waals surface area contributed by atoms with Crippen molar-refractivity contribution in [2.45, 2.75) is 25.7 Å². The van der Waals surface area contributed by atoms with Crippen LogP contribution in [0, 0.1) is 11.8 Å². The van der Waals surface area contributed by atoms with Gasteiger partial charge in [0, 0.05) is 12.3 Å². The van der Waals surface area contributed by atoms with Crippen LogP contribution in [0.2, 0.25) is 0 Å². The predicted molar refractivity (Wildman–Crippen MR) is 43.8 cm³/mol. The molecule has 4 nitrogen and oxygen atoms in total. The Morgan fingerprint density at radius 3 is 2.25 bits per heavy atom. The third-order valence-corrected chi connectivity index (χ3v) is 2.16. The van der Waals surface area contributed by atoms with Crippen molar-refractivity contribution in [3.63, 3.8) is 0 Å². The summed E-state index contributed by atoms with van der Waals surface area (Å²) in [5.41, 5.74) is 10.1. The van der Waals surface area contributed by atoms with Gasteiger partial charge in [-0.1, -0.05) is 12.8 Å². The molecule has 2 amide bonds. The molecule has 0 saturated heterocycles. The Kier molecular flexibility index (Phi) is 2.68. The van der Waals surface area contributed by atoms with Gasteiger partial charge in [-0.25, -0.2) is 0 Å². The normalized spacial score (nSPS) is 18.7. The molecule has 1 saturated carbocycles. The summed E-state index contributed by atoms with van der Waals surface area (Å²) in [6.07, 6.45) is 3.15. The number of nitrogens with two attached hydrogens (primary N) is 2. The van der Waals surface area contributed by atoms with Gasteiger partial charge < -0.3 is 11.5 Å². The third-order valence-electron chi connectivity index (χ3n) is 2.16. The fourth-order valence-corrected chi connectivity index (χ4v) is 1.30. The van der Waals surface area contributed by atoms with E-state index in [9.17, 15) is 9.59 Å². The monoisotopic (exact) mass is 170 g/mol. The minimum atomic E-state index is -0.445. The molecule has 68 valence electrons. The number of carbonyl (C=O) groups excluding carboxylic acids is 2. The molecule has 4 N–H and O–H groups in total. The van der Waals surface area contributed by atoms with Crippen molar-refractivity contribution in [2.24, 2.45) is 23.3 Å². The van der Waals surface area contributed by atoms with E-state index >= 15 is 0 Å². The number of primary amides is 2. The average Bonchev–Trinajstić information content (AvgIpc) is 2.68. The van der Waals surface area contributed by atoms with E-state index in [0.29, 0.717) is 5.92 Å². The van der Waals surface area contributed by atoms with E-state index < -0.39 is 11.8 Å². The molecule has 0 aromatic heterocycles. The Morgan fingerprint density at radius 2 is 1.92 bits per heavy atom. The Hall–Kier alpha value is -1.06. The van der Waals surface area contributed by atoms with Crippen LogP contribution in [0.5, 0.6) is 0 Å². The van der Waals surface area contributed by atoms with E-state index in [2.05, 4.69) is 0 Å². The largest absolute Gasteiger partial charge is 0.370 e. The fourth-order valence-electron chi connectivity index (χ4n) is 1.30. The lowest BCUT2D eigenvalue weighted by molar-refractivity contribution is -0.127. The summed E-state index contributed by atoms with van der Waals surface area (Å²) >= 11 is 0. The lowest BCUT2D eigenvalue weighted by Gasteiger charge is -2.09. The minimum Gasteiger partial charge on any atom is -0.370 e. The van der Waals surface area contributed by atoms with E-state index in [4.69, 9.17) is 11.5 Å². The second-order valence-electron chi connectivity index (χ2n) is 3.45. The molecule has 1 atom stereocenters. The van der Waals surface area contributed by atoms with Gasteiger partial charge in [0.2, 0.25) is 11.8 Å². The van der Waals surface area contributed by atoms with Crippen molar-refractivity contribution in [3.8, 4) is 0 Å². The van der Waals surface area contributed by atoms with Crippen LogP contribution in [0.25, 0.3) is 0 Å². The summed E-state index contributed by atoms with van der Waals surface area (Å²) < 4.78 is 0. The average molecular weight is 170 g/mol. The van der Waals surface area contributed by atoms with Gasteiger partial charge in [0.05, 0.1) is 0 Å². The Balaban J connectivity index is 2.36. The third kappa shape index (κ3) is 2.90. The zero-order valence-electron chi connectivity index (χ0n) is 6.95. The van der Waals surface area contributed by atoms with E-state index in [1.807, 2.05) is 0 Å². The van der Waals surface area contributed by atoms with Crippen molar-refractivity contribution in [1.29, 1.82) is 0 Å². The van der Waals surface area contributed by atoms with E-state index in [-0.39, 0.29) is 12.3 Å². The Bertz CT molecular complexity index is 199. The van der Waals surface area contributed by atoms with Crippen LogP contribution < -0.4 is 11.5 Å². The smallest absolute Gasteiger partial charge is 0.221 e. The maximum atomic E-state index is 10.8. The molecule has 1 aliphatic carbocycles. The Labute approximate surface area is 71.3 Å². The van der Waals surface area contributed by atoms with Gasteiger partial charge in [-0.05, 0) is 12.3 Å². The van der Waals surface area contributed by atoms with E-state index in [0.717, 1.165) is 19.3 Å². The molecule has 1 aliphatic rings. The summed E-state index contributed by atoms with van der Waals surface area (Å²) in [5.74, 6) is -0.586. The molecule has 0 heterocycles. The lowest BCUT2D eigenvalue weighted by atomic mass is 9.97. The molecule has 0 aliphatic heterocycles. The van der Waals surface area contributed by atoms with Gasteiger partial charge in [0.15, 0.2) is 0 Å². The highest BCUT2D eigenvalue weighted by atomic mass is 16.2. The molecular formula is C8H14N2O2. The standard InChI is InChI=1S/C8H14N2O2/c9-7(11)4-6(8(10)12)3-5-1-2-5/h5-6H,1-4H2,(H2,9,11)(H2,10,12)/t6-/m1/s1. The van der Waals surface area contributed by atoms with Gasteiger partial charge in [-0.15, -0.1) is 0 Å². The minimum absolute atomic E-state index is 0.103. The molecular weight excluding hydrogens is 156 g/mol. The molecule has 0 bridgehead atoms. The first kappa shape index (κ1) is 9.03. The molecule has 0 spiro atoms. The van der Waals surface area contributed by atoms with Gasteiger partial charge in [0.25, 0.3) is 0 Å². The van der Waals surface area contributed by atoms with Crippen LogP contribution in [0.3, 0.4) is 0 Å². The zero-order chi connectivity index (χ0) is 9.14. The molecule has 4 heteroatoms. The van der Waals surface area contributed by atoms with Crippen LogP contribution in [-0.4, -0.2) is 11.8 Å². The van der Waals surface area contributed by atoms with Gasteiger partial charge >= 0.3 is 0 Å². The molecule has 1 rings (SSSR count). The molecule has 0 unspecified atom stereocenters. The Morgan fingerprint density at radius 1 is 1.33 bits per heavy atom. The summed E-state index contributed by atoms with van der Waals surface area (Å²) in [5, 5.41) is 0. The highest BCUT2D eigenvalue weighted by Gasteiger charge is 2.28. The second-order valence-corrected chi connectivity index (χ2v) is 3.45. The van der Waals surface area contributed by atoms with Crippen LogP contribution in [0.15, 0.2) is 0 Å². The van der Waals surface area contributed by atoms with Crippen LogP contribution in [0.4, 0.5) is 0 Å². The van der Waals surface area contributed by atoms with Crippen molar-refractivity contribution in [1.82, 2.24) is 0 Å². The summed E-state index contributed by atoms with van der Waals surface area (Å²) in [6, 6.07) is 0. The summed E-state index contributed by atoms with van der Waals surface area (Å²) in [7, 11) is 0. The zero-order valence-corrected chi connectivity index (χ0v) is 6.95. The van der Waals surface area contributed by atoms with Crippen LogP contribution >= 0.6 is 0 Å². The first-order valence-electron chi connectivity index (χ1n) is 4.17. The number of amides is 2. The second kappa shape index (κ2) is 3.56. The van der Waals surface area contributed by atoms with Crippen molar-refractivity contribution >= 4 is 11.8 Å². The summed E-state index contributed by atoms with van der Waals surface area (Å²) in [4.78, 5) is 21.3. The van der Waals surface area contributed by atoms with Crippen LogP contribution in [-0.2, 0) is 9.59 Å². The van der Waals surface area contributed by atoms with Crippen molar-refractivity contribution in [3.05, 3.63) is 0 Å². The van der Waals surface area contributed by atoms with Gasteiger partial charge in [-0.3, -0.25) is 9.59 Å². The number of carbonyl (C=O) groups is 2. The predicted octanol–water partition coefficient (Wildman–Crippen LogP) is -0.237. The van der Waals surface area contributed by atoms with Gasteiger partial charge in [-0.2, -0.15) is 0 Å². The first-order chi connectivity index (χ1) is 5.59. The molecule has 0 aromatic carbocycles. The lowest BCUT2D eigenvalue weighted by Crippen LogP contribution is -2.28.